The zero-order valence-electron chi connectivity index (χ0n) is 33.9. The molecule has 0 aliphatic carbocycles. The maximum atomic E-state index is 6.60. The highest BCUT2D eigenvalue weighted by atomic mass is 32.1. The van der Waals surface area contributed by atoms with Gasteiger partial charge in [-0.25, -0.2) is 15.0 Å². The van der Waals surface area contributed by atoms with E-state index in [1.54, 1.807) is 0 Å². The summed E-state index contributed by atoms with van der Waals surface area (Å²) in [5.74, 6) is 1.68. The smallest absolute Gasteiger partial charge is 0.167 e. The van der Waals surface area contributed by atoms with Gasteiger partial charge in [-0.1, -0.05) is 140 Å². The highest BCUT2D eigenvalue weighted by Crippen LogP contribution is 2.47. The largest absolute Gasteiger partial charge is 0.456 e. The number of rotatable bonds is 5. The fourth-order valence-electron chi connectivity index (χ4n) is 9.65. The number of fused-ring (bicyclic) bond motifs is 12. The summed E-state index contributed by atoms with van der Waals surface area (Å²) in [7, 11) is 0. The van der Waals surface area contributed by atoms with Crippen LogP contribution in [0.1, 0.15) is 0 Å². The van der Waals surface area contributed by atoms with Crippen LogP contribution in [0.4, 0.5) is 0 Å². The predicted octanol–water partition coefficient (Wildman–Crippen LogP) is 16.7. The highest BCUT2D eigenvalue weighted by Gasteiger charge is 2.22. The van der Waals surface area contributed by atoms with Crippen molar-refractivity contribution in [3.63, 3.8) is 0 Å². The van der Waals surface area contributed by atoms with Crippen LogP contribution >= 0.6 is 22.7 Å². The van der Waals surface area contributed by atoms with Crippen LogP contribution in [0, 0.1) is 0 Å². The fraction of sp³-hybridized carbons (Fsp3) is 0. The van der Waals surface area contributed by atoms with Gasteiger partial charge in [0.05, 0.1) is 5.56 Å². The molecule has 0 aliphatic heterocycles. The monoisotopic (exact) mass is 853 g/mol. The van der Waals surface area contributed by atoms with E-state index in [9.17, 15) is 0 Å². The molecule has 0 fully saturated rings. The average Bonchev–Trinajstić information content (AvgIpc) is 4.13. The quantitative estimate of drug-likeness (QED) is 0.173. The summed E-state index contributed by atoms with van der Waals surface area (Å²) in [6.07, 6.45) is 0. The molecule has 298 valence electrons. The van der Waals surface area contributed by atoms with E-state index in [-0.39, 0.29) is 0 Å². The minimum absolute atomic E-state index is 0.540. The first-order chi connectivity index (χ1) is 31.7. The molecule has 5 heterocycles. The molecule has 0 spiro atoms. The number of nitrogens with zero attached hydrogens (tertiary/aromatic N) is 3. The predicted molar refractivity (Wildman–Crippen MR) is 267 cm³/mol. The standard InChI is InChI=1S/C57H31N3O2S2/c1-2-12-32(13-3-1)55-58-56(60-57(59-55)43-21-9-18-40-37-14-4-6-22-45(37)62-53(40)43)42-20-10-23-47-51(42)44-30-33(27-29-46(44)61-47)35-16-11-25-49-52(35)41-19-8-17-36(54(41)64-49)34-26-28-39-38-15-5-7-24-48(38)63-50(39)31-34/h1-31H. The van der Waals surface area contributed by atoms with Crippen molar-refractivity contribution in [2.45, 2.75) is 0 Å². The summed E-state index contributed by atoms with van der Waals surface area (Å²) in [6.45, 7) is 0. The number of para-hydroxylation sites is 2. The van der Waals surface area contributed by atoms with Gasteiger partial charge in [0, 0.05) is 73.0 Å². The molecule has 0 saturated heterocycles. The molecule has 14 aromatic rings. The van der Waals surface area contributed by atoms with Crippen LogP contribution in [0.25, 0.3) is 141 Å². The molecule has 5 aromatic heterocycles. The van der Waals surface area contributed by atoms with Gasteiger partial charge in [-0.2, -0.15) is 0 Å². The van der Waals surface area contributed by atoms with Gasteiger partial charge in [-0.05, 0) is 70.8 Å². The van der Waals surface area contributed by atoms with Crippen molar-refractivity contribution in [3.8, 4) is 56.4 Å². The van der Waals surface area contributed by atoms with Crippen molar-refractivity contribution in [2.24, 2.45) is 0 Å². The van der Waals surface area contributed by atoms with Crippen LogP contribution in [0.2, 0.25) is 0 Å². The van der Waals surface area contributed by atoms with Gasteiger partial charge >= 0.3 is 0 Å². The van der Waals surface area contributed by atoms with Gasteiger partial charge in [0.15, 0.2) is 17.5 Å². The molecule has 5 nitrogen and oxygen atoms in total. The van der Waals surface area contributed by atoms with E-state index >= 15 is 0 Å². The molecule has 0 unspecified atom stereocenters. The third-order valence-corrected chi connectivity index (χ3v) is 14.9. The molecule has 64 heavy (non-hydrogen) atoms. The molecule has 0 amide bonds. The van der Waals surface area contributed by atoms with E-state index in [0.717, 1.165) is 66.1 Å². The highest BCUT2D eigenvalue weighted by molar-refractivity contribution is 7.26. The first-order valence-electron chi connectivity index (χ1n) is 21.2. The van der Waals surface area contributed by atoms with Crippen LogP contribution in [0.5, 0.6) is 0 Å². The maximum absolute atomic E-state index is 6.60. The van der Waals surface area contributed by atoms with Crippen molar-refractivity contribution in [1.82, 2.24) is 15.0 Å². The Bertz CT molecular complexity index is 4220. The van der Waals surface area contributed by atoms with Crippen LogP contribution < -0.4 is 0 Å². The number of hydrogen-bond acceptors (Lipinski definition) is 7. The van der Waals surface area contributed by atoms with E-state index in [2.05, 4.69) is 115 Å². The second-order valence-electron chi connectivity index (χ2n) is 16.2. The molecule has 7 heteroatoms. The van der Waals surface area contributed by atoms with Gasteiger partial charge in [0.2, 0.25) is 0 Å². The van der Waals surface area contributed by atoms with E-state index in [1.807, 2.05) is 95.5 Å². The van der Waals surface area contributed by atoms with Gasteiger partial charge < -0.3 is 8.83 Å². The van der Waals surface area contributed by atoms with Crippen LogP contribution in [-0.4, -0.2) is 15.0 Å². The average molecular weight is 854 g/mol. The molecule has 0 bridgehead atoms. The zero-order valence-corrected chi connectivity index (χ0v) is 35.5. The Morgan fingerprint density at radius 1 is 0.312 bits per heavy atom. The van der Waals surface area contributed by atoms with Crippen LogP contribution in [0.3, 0.4) is 0 Å². The Morgan fingerprint density at radius 3 is 1.86 bits per heavy atom. The van der Waals surface area contributed by atoms with Gasteiger partial charge in [-0.3, -0.25) is 0 Å². The number of furan rings is 2. The van der Waals surface area contributed by atoms with Crippen molar-refractivity contribution in [1.29, 1.82) is 0 Å². The number of benzene rings is 9. The van der Waals surface area contributed by atoms with E-state index in [0.29, 0.717) is 17.5 Å². The van der Waals surface area contributed by atoms with Gasteiger partial charge in [0.1, 0.15) is 22.3 Å². The van der Waals surface area contributed by atoms with Crippen LogP contribution in [-0.2, 0) is 0 Å². The summed E-state index contributed by atoms with van der Waals surface area (Å²) in [5, 5.41) is 9.18. The molecular weight excluding hydrogens is 823 g/mol. The molecule has 0 N–H and O–H groups in total. The maximum Gasteiger partial charge on any atom is 0.167 e. The lowest BCUT2D eigenvalue weighted by Crippen LogP contribution is -2.00. The van der Waals surface area contributed by atoms with Crippen molar-refractivity contribution < 1.29 is 8.83 Å². The lowest BCUT2D eigenvalue weighted by atomic mass is 9.95. The normalized spacial score (nSPS) is 12.1. The third-order valence-electron chi connectivity index (χ3n) is 12.6. The fourth-order valence-corrected chi connectivity index (χ4v) is 12.1. The van der Waals surface area contributed by atoms with E-state index in [4.69, 9.17) is 23.8 Å². The summed E-state index contributed by atoms with van der Waals surface area (Å²) >= 11 is 3.73. The summed E-state index contributed by atoms with van der Waals surface area (Å²) < 4.78 is 18.3. The SMILES string of the molecule is c1ccc(-c2nc(-c3cccc4c3oc3ccccc34)nc(-c3cccc4oc5ccc(-c6cccc7sc8c(-c9ccc%10c(c9)sc9ccccc9%10)cccc8c67)cc5c34)n2)cc1. The number of thiophene rings is 2. The molecule has 0 radical (unpaired) electrons. The first-order valence-corrected chi connectivity index (χ1v) is 22.9. The Hall–Kier alpha value is -7.97. The molecule has 0 aliphatic rings. The minimum Gasteiger partial charge on any atom is -0.456 e. The summed E-state index contributed by atoms with van der Waals surface area (Å²) in [6, 6.07) is 66.1. The van der Waals surface area contributed by atoms with Crippen molar-refractivity contribution >= 4 is 107 Å². The lowest BCUT2D eigenvalue weighted by Gasteiger charge is -2.10. The minimum atomic E-state index is 0.540. The zero-order chi connectivity index (χ0) is 41.9. The second kappa shape index (κ2) is 13.8. The molecule has 9 aromatic carbocycles. The first kappa shape index (κ1) is 35.6. The Balaban J connectivity index is 0.944. The molecular formula is C57H31N3O2S2. The van der Waals surface area contributed by atoms with E-state index < -0.39 is 0 Å². The topological polar surface area (TPSA) is 65.0 Å². The van der Waals surface area contributed by atoms with Gasteiger partial charge in [-0.15, -0.1) is 22.7 Å². The summed E-state index contributed by atoms with van der Waals surface area (Å²) in [4.78, 5) is 15.5. The van der Waals surface area contributed by atoms with Crippen molar-refractivity contribution in [2.75, 3.05) is 0 Å². The Kier molecular flexibility index (Phi) is 7.66. The molecule has 0 saturated carbocycles. The number of hydrogen-bond donors (Lipinski definition) is 0. The van der Waals surface area contributed by atoms with E-state index in [1.165, 1.54) is 57.0 Å². The van der Waals surface area contributed by atoms with Crippen molar-refractivity contribution in [3.05, 3.63) is 188 Å². The lowest BCUT2D eigenvalue weighted by molar-refractivity contribution is 0.668. The van der Waals surface area contributed by atoms with Gasteiger partial charge in [0.25, 0.3) is 0 Å². The Morgan fingerprint density at radius 2 is 0.938 bits per heavy atom. The third kappa shape index (κ3) is 5.38. The molecule has 0 atom stereocenters. The van der Waals surface area contributed by atoms with Crippen LogP contribution in [0.15, 0.2) is 197 Å². The number of aromatic nitrogens is 3. The second-order valence-corrected chi connectivity index (χ2v) is 18.4. The molecule has 14 rings (SSSR count). The Labute approximate surface area is 373 Å². The summed E-state index contributed by atoms with van der Waals surface area (Å²) in [5.41, 5.74) is 10.5.